The summed E-state index contributed by atoms with van der Waals surface area (Å²) in [7, 11) is 0. The average molecular weight is 479 g/mol. The zero-order chi connectivity index (χ0) is 23.2. The average Bonchev–Trinajstić information content (AvgIpc) is 3.52. The Hall–Kier alpha value is -3.01. The lowest BCUT2D eigenvalue weighted by molar-refractivity contribution is 0.0993. The maximum absolute atomic E-state index is 13.0. The van der Waals surface area contributed by atoms with Crippen molar-refractivity contribution >= 4 is 59.8 Å². The standard InChI is InChI=1S/C31H26OS2/c1-19-30(25-11-6-7-14-28(25)33-19)23-12-8-13-24(23)31-20(2)34-29-18-22(15-16-26(29)31)27(32)17-21-9-4-3-5-10-21/h3-7,9-11,14-16,18H,8,12-13,17H2,1-2H3. The Labute approximate surface area is 208 Å². The van der Waals surface area contributed by atoms with E-state index in [1.54, 1.807) is 0 Å². The molecule has 2 aromatic heterocycles. The molecule has 0 unspecified atom stereocenters. The molecule has 0 amide bonds. The molecule has 3 aromatic carbocycles. The highest BCUT2D eigenvalue weighted by atomic mass is 32.1. The normalized spacial score (nSPS) is 13.9. The topological polar surface area (TPSA) is 17.1 Å². The van der Waals surface area contributed by atoms with Crippen molar-refractivity contribution in [3.63, 3.8) is 0 Å². The van der Waals surface area contributed by atoms with Gasteiger partial charge < -0.3 is 0 Å². The molecule has 0 radical (unpaired) electrons. The second-order valence-electron chi connectivity index (χ2n) is 9.17. The molecule has 5 aromatic rings. The van der Waals surface area contributed by atoms with Crippen LogP contribution in [0.3, 0.4) is 0 Å². The Morgan fingerprint density at radius 1 is 0.735 bits per heavy atom. The molecule has 2 heterocycles. The maximum atomic E-state index is 13.0. The highest BCUT2D eigenvalue weighted by Gasteiger charge is 2.25. The van der Waals surface area contributed by atoms with Crippen molar-refractivity contribution in [3.8, 4) is 0 Å². The van der Waals surface area contributed by atoms with E-state index in [4.69, 9.17) is 0 Å². The summed E-state index contributed by atoms with van der Waals surface area (Å²) >= 11 is 3.74. The summed E-state index contributed by atoms with van der Waals surface area (Å²) in [6.07, 6.45) is 3.92. The van der Waals surface area contributed by atoms with E-state index in [1.807, 2.05) is 59.1 Å². The number of thiophene rings is 2. The van der Waals surface area contributed by atoms with Crippen LogP contribution in [0.25, 0.3) is 31.3 Å². The van der Waals surface area contributed by atoms with Crippen LogP contribution < -0.4 is 0 Å². The number of allylic oxidation sites excluding steroid dienone is 2. The highest BCUT2D eigenvalue weighted by molar-refractivity contribution is 7.19. The van der Waals surface area contributed by atoms with Crippen LogP contribution in [0, 0.1) is 13.8 Å². The lowest BCUT2D eigenvalue weighted by atomic mass is 9.93. The van der Waals surface area contributed by atoms with E-state index in [9.17, 15) is 4.79 Å². The van der Waals surface area contributed by atoms with Gasteiger partial charge in [0.15, 0.2) is 5.78 Å². The molecule has 0 saturated heterocycles. The van der Waals surface area contributed by atoms with Gasteiger partial charge in [-0.05, 0) is 73.1 Å². The van der Waals surface area contributed by atoms with Crippen molar-refractivity contribution in [1.29, 1.82) is 0 Å². The molecule has 1 aliphatic carbocycles. The summed E-state index contributed by atoms with van der Waals surface area (Å²) in [6, 6.07) is 25.2. The number of Topliss-reactive ketones (excluding diaryl/α,β-unsaturated/α-hetero) is 1. The minimum absolute atomic E-state index is 0.182. The molecule has 6 rings (SSSR count). The Morgan fingerprint density at radius 3 is 2.09 bits per heavy atom. The fourth-order valence-corrected chi connectivity index (χ4v) is 7.71. The van der Waals surface area contributed by atoms with Gasteiger partial charge >= 0.3 is 0 Å². The zero-order valence-electron chi connectivity index (χ0n) is 19.5. The molecule has 0 saturated carbocycles. The molecule has 168 valence electrons. The number of rotatable bonds is 5. The Balaban J connectivity index is 1.44. The third-order valence-electron chi connectivity index (χ3n) is 6.99. The van der Waals surface area contributed by atoms with Gasteiger partial charge in [-0.1, -0.05) is 60.7 Å². The number of benzene rings is 3. The van der Waals surface area contributed by atoms with Crippen LogP contribution in [0.15, 0.2) is 72.8 Å². The lowest BCUT2D eigenvalue weighted by Gasteiger charge is -2.10. The molecule has 1 aliphatic rings. The van der Waals surface area contributed by atoms with Crippen LogP contribution in [-0.4, -0.2) is 5.78 Å². The molecule has 0 N–H and O–H groups in total. The summed E-state index contributed by atoms with van der Waals surface area (Å²) < 4.78 is 2.60. The minimum Gasteiger partial charge on any atom is -0.294 e. The minimum atomic E-state index is 0.182. The van der Waals surface area contributed by atoms with Crippen molar-refractivity contribution in [2.45, 2.75) is 39.5 Å². The highest BCUT2D eigenvalue weighted by Crippen LogP contribution is 2.49. The quantitative estimate of drug-likeness (QED) is 0.230. The first kappa shape index (κ1) is 21.5. The largest absolute Gasteiger partial charge is 0.294 e. The van der Waals surface area contributed by atoms with E-state index < -0.39 is 0 Å². The third kappa shape index (κ3) is 3.64. The first-order valence-corrected chi connectivity index (χ1v) is 13.5. The van der Waals surface area contributed by atoms with Gasteiger partial charge in [0.2, 0.25) is 0 Å². The van der Waals surface area contributed by atoms with E-state index >= 15 is 0 Å². The van der Waals surface area contributed by atoms with Crippen LogP contribution in [0.1, 0.15) is 56.1 Å². The molecular formula is C31H26OS2. The van der Waals surface area contributed by atoms with Crippen molar-refractivity contribution < 1.29 is 4.79 Å². The van der Waals surface area contributed by atoms with E-state index in [0.29, 0.717) is 6.42 Å². The predicted molar refractivity (Wildman–Crippen MR) is 148 cm³/mol. The van der Waals surface area contributed by atoms with E-state index in [0.717, 1.165) is 24.0 Å². The van der Waals surface area contributed by atoms with Gasteiger partial charge in [0, 0.05) is 41.9 Å². The zero-order valence-corrected chi connectivity index (χ0v) is 21.1. The smallest absolute Gasteiger partial charge is 0.167 e. The molecule has 0 bridgehead atoms. The Morgan fingerprint density at radius 2 is 1.35 bits per heavy atom. The van der Waals surface area contributed by atoms with Gasteiger partial charge in [-0.25, -0.2) is 0 Å². The van der Waals surface area contributed by atoms with Gasteiger partial charge in [0.1, 0.15) is 0 Å². The van der Waals surface area contributed by atoms with Crippen LogP contribution >= 0.6 is 22.7 Å². The van der Waals surface area contributed by atoms with Crippen molar-refractivity contribution in [2.24, 2.45) is 0 Å². The Bertz CT molecular complexity index is 1580. The number of aryl methyl sites for hydroxylation is 2. The fourth-order valence-electron chi connectivity index (χ4n) is 5.49. The SMILES string of the molecule is Cc1sc2ccccc2c1C1=C(c2c(C)sc3cc(C(=O)Cc4ccccc4)ccc23)CCC1. The maximum Gasteiger partial charge on any atom is 0.167 e. The number of hydrogen-bond donors (Lipinski definition) is 0. The summed E-state index contributed by atoms with van der Waals surface area (Å²) in [5.74, 6) is 0.182. The van der Waals surface area contributed by atoms with Crippen molar-refractivity contribution in [3.05, 3.63) is 105 Å². The van der Waals surface area contributed by atoms with Gasteiger partial charge in [-0.2, -0.15) is 0 Å². The third-order valence-corrected chi connectivity index (χ3v) is 9.14. The molecular weight excluding hydrogens is 452 g/mol. The van der Waals surface area contributed by atoms with Gasteiger partial charge in [0.05, 0.1) is 0 Å². The molecule has 3 heteroatoms. The monoisotopic (exact) mass is 478 g/mol. The second kappa shape index (κ2) is 8.65. The summed E-state index contributed by atoms with van der Waals surface area (Å²) in [4.78, 5) is 15.7. The summed E-state index contributed by atoms with van der Waals surface area (Å²) in [6.45, 7) is 4.51. The van der Waals surface area contributed by atoms with Gasteiger partial charge in [-0.15, -0.1) is 22.7 Å². The van der Waals surface area contributed by atoms with Crippen molar-refractivity contribution in [1.82, 2.24) is 0 Å². The molecule has 0 spiro atoms. The predicted octanol–water partition coefficient (Wildman–Crippen LogP) is 9.25. The Kier molecular flexibility index (Phi) is 5.47. The van der Waals surface area contributed by atoms with Crippen LogP contribution in [-0.2, 0) is 6.42 Å². The molecule has 0 atom stereocenters. The van der Waals surface area contributed by atoms with Gasteiger partial charge in [-0.3, -0.25) is 4.79 Å². The molecule has 1 nitrogen and oxygen atoms in total. The first-order chi connectivity index (χ1) is 16.6. The number of carbonyl (C=O) groups is 1. The van der Waals surface area contributed by atoms with Crippen LogP contribution in [0.5, 0.6) is 0 Å². The van der Waals surface area contributed by atoms with Crippen molar-refractivity contribution in [2.75, 3.05) is 0 Å². The molecule has 34 heavy (non-hydrogen) atoms. The first-order valence-electron chi connectivity index (χ1n) is 11.9. The fraction of sp³-hybridized carbons (Fsp3) is 0.194. The van der Waals surface area contributed by atoms with Gasteiger partial charge in [0.25, 0.3) is 0 Å². The van der Waals surface area contributed by atoms with E-state index in [-0.39, 0.29) is 5.78 Å². The summed E-state index contributed by atoms with van der Waals surface area (Å²) in [5, 5.41) is 2.69. The second-order valence-corrected chi connectivity index (χ2v) is 11.7. The molecule has 0 aliphatic heterocycles. The number of fused-ring (bicyclic) bond motifs is 2. The van der Waals surface area contributed by atoms with Crippen LogP contribution in [0.4, 0.5) is 0 Å². The number of carbonyl (C=O) groups excluding carboxylic acids is 1. The van der Waals surface area contributed by atoms with E-state index in [1.165, 1.54) is 58.6 Å². The number of hydrogen-bond acceptors (Lipinski definition) is 3. The van der Waals surface area contributed by atoms with E-state index in [2.05, 4.69) is 50.2 Å². The lowest BCUT2D eigenvalue weighted by Crippen LogP contribution is -2.03. The molecule has 0 fully saturated rings. The van der Waals surface area contributed by atoms with Crippen LogP contribution in [0.2, 0.25) is 0 Å². The number of ketones is 1. The summed E-state index contributed by atoms with van der Waals surface area (Å²) in [5.41, 5.74) is 7.78.